The van der Waals surface area contributed by atoms with E-state index in [0.717, 1.165) is 11.1 Å². The summed E-state index contributed by atoms with van der Waals surface area (Å²) in [6.07, 6.45) is -0.00843. The summed E-state index contributed by atoms with van der Waals surface area (Å²) >= 11 is 0. The standard InChI is InChI=1S/C11H13NO3/c1-8-4-3-5-9(2)10(8)15-11(14)12-6-7-13/h3-5,7H,6H2,1-2H3,(H,12,14). The zero-order valence-electron chi connectivity index (χ0n) is 8.74. The van der Waals surface area contributed by atoms with Crippen LogP contribution in [0.25, 0.3) is 0 Å². The lowest BCUT2D eigenvalue weighted by Gasteiger charge is -2.09. The van der Waals surface area contributed by atoms with E-state index in [1.54, 1.807) is 0 Å². The highest BCUT2D eigenvalue weighted by Gasteiger charge is 2.08. The van der Waals surface area contributed by atoms with Gasteiger partial charge in [-0.15, -0.1) is 0 Å². The third kappa shape index (κ3) is 3.09. The predicted octanol–water partition coefficient (Wildman–Crippen LogP) is 1.59. The summed E-state index contributed by atoms with van der Waals surface area (Å²) in [5, 5.41) is 2.31. The van der Waals surface area contributed by atoms with Crippen LogP contribution in [0.4, 0.5) is 4.79 Å². The molecule has 0 radical (unpaired) electrons. The Morgan fingerprint density at radius 2 is 2.00 bits per heavy atom. The molecule has 0 fully saturated rings. The minimum atomic E-state index is -0.612. The number of hydrogen-bond acceptors (Lipinski definition) is 3. The molecular formula is C11H13NO3. The highest BCUT2D eigenvalue weighted by molar-refractivity contribution is 5.74. The lowest BCUT2D eigenvalue weighted by atomic mass is 10.1. The van der Waals surface area contributed by atoms with E-state index < -0.39 is 6.09 Å². The van der Waals surface area contributed by atoms with Crippen LogP contribution in [-0.4, -0.2) is 18.9 Å². The summed E-state index contributed by atoms with van der Waals surface area (Å²) < 4.78 is 5.07. The molecule has 0 atom stereocenters. The first-order valence-corrected chi connectivity index (χ1v) is 4.60. The van der Waals surface area contributed by atoms with Crippen LogP contribution in [0.5, 0.6) is 5.75 Å². The lowest BCUT2D eigenvalue weighted by molar-refractivity contribution is -0.107. The third-order valence-corrected chi connectivity index (χ3v) is 1.93. The Hall–Kier alpha value is -1.84. The Morgan fingerprint density at radius 1 is 1.40 bits per heavy atom. The van der Waals surface area contributed by atoms with E-state index in [1.807, 2.05) is 32.0 Å². The zero-order chi connectivity index (χ0) is 11.3. The van der Waals surface area contributed by atoms with Gasteiger partial charge in [-0.1, -0.05) is 18.2 Å². The van der Waals surface area contributed by atoms with E-state index in [2.05, 4.69) is 5.32 Å². The molecule has 1 aromatic carbocycles. The van der Waals surface area contributed by atoms with Gasteiger partial charge >= 0.3 is 6.09 Å². The minimum Gasteiger partial charge on any atom is -0.410 e. The molecule has 15 heavy (non-hydrogen) atoms. The van der Waals surface area contributed by atoms with Crippen LogP contribution in [0.1, 0.15) is 11.1 Å². The molecule has 0 bridgehead atoms. The Kier molecular flexibility index (Phi) is 3.85. The first kappa shape index (κ1) is 11.2. The van der Waals surface area contributed by atoms with Crippen molar-refractivity contribution in [3.63, 3.8) is 0 Å². The fraction of sp³-hybridized carbons (Fsp3) is 0.273. The number of aryl methyl sites for hydroxylation is 2. The van der Waals surface area contributed by atoms with Crippen molar-refractivity contribution in [1.29, 1.82) is 0 Å². The molecule has 0 aromatic heterocycles. The van der Waals surface area contributed by atoms with E-state index in [9.17, 15) is 9.59 Å². The normalized spacial score (nSPS) is 9.47. The summed E-state index contributed by atoms with van der Waals surface area (Å²) in [5.74, 6) is 0.542. The monoisotopic (exact) mass is 207 g/mol. The van der Waals surface area contributed by atoms with Gasteiger partial charge in [-0.2, -0.15) is 0 Å². The smallest absolute Gasteiger partial charge is 0.410 e. The second-order valence-corrected chi connectivity index (χ2v) is 3.16. The SMILES string of the molecule is Cc1cccc(C)c1OC(=O)NCC=O. The molecule has 1 rings (SSSR count). The molecule has 0 spiro atoms. The third-order valence-electron chi connectivity index (χ3n) is 1.93. The number of nitrogens with one attached hydrogen (secondary N) is 1. The first-order chi connectivity index (χ1) is 7.15. The number of rotatable bonds is 3. The van der Waals surface area contributed by atoms with Gasteiger partial charge in [0.2, 0.25) is 0 Å². The highest BCUT2D eigenvalue weighted by atomic mass is 16.6. The predicted molar refractivity (Wildman–Crippen MR) is 56.0 cm³/mol. The topological polar surface area (TPSA) is 55.4 Å². The van der Waals surface area contributed by atoms with Gasteiger partial charge in [-0.3, -0.25) is 0 Å². The lowest BCUT2D eigenvalue weighted by Crippen LogP contribution is -2.28. The molecule has 1 amide bonds. The largest absolute Gasteiger partial charge is 0.412 e. The van der Waals surface area contributed by atoms with Gasteiger partial charge in [0, 0.05) is 0 Å². The summed E-state index contributed by atoms with van der Waals surface area (Å²) in [7, 11) is 0. The Balaban J connectivity index is 2.71. The van der Waals surface area contributed by atoms with E-state index >= 15 is 0 Å². The average molecular weight is 207 g/mol. The second-order valence-electron chi connectivity index (χ2n) is 3.16. The van der Waals surface area contributed by atoms with E-state index in [0.29, 0.717) is 12.0 Å². The first-order valence-electron chi connectivity index (χ1n) is 4.60. The Labute approximate surface area is 88.2 Å². The van der Waals surface area contributed by atoms with Gasteiger partial charge < -0.3 is 14.8 Å². The van der Waals surface area contributed by atoms with E-state index in [4.69, 9.17) is 4.74 Å². The van der Waals surface area contributed by atoms with Gasteiger partial charge in [0.1, 0.15) is 12.0 Å². The molecule has 0 saturated heterocycles. The van der Waals surface area contributed by atoms with Gasteiger partial charge in [0.05, 0.1) is 6.54 Å². The number of carbonyl (C=O) groups is 2. The van der Waals surface area contributed by atoms with Crippen LogP contribution in [0, 0.1) is 13.8 Å². The van der Waals surface area contributed by atoms with Crippen molar-refractivity contribution in [2.24, 2.45) is 0 Å². The van der Waals surface area contributed by atoms with Crippen LogP contribution in [0.15, 0.2) is 18.2 Å². The van der Waals surface area contributed by atoms with Gasteiger partial charge in [0.25, 0.3) is 0 Å². The van der Waals surface area contributed by atoms with Crippen molar-refractivity contribution in [3.8, 4) is 5.75 Å². The second kappa shape index (κ2) is 5.14. The minimum absolute atomic E-state index is 0.0379. The molecule has 1 N–H and O–H groups in total. The van der Waals surface area contributed by atoms with Crippen LogP contribution < -0.4 is 10.1 Å². The van der Waals surface area contributed by atoms with Crippen LogP contribution in [0.3, 0.4) is 0 Å². The number of carbonyl (C=O) groups excluding carboxylic acids is 2. The summed E-state index contributed by atoms with van der Waals surface area (Å²) in [6, 6.07) is 5.60. The number of amides is 1. The summed E-state index contributed by atoms with van der Waals surface area (Å²) in [6.45, 7) is 3.68. The van der Waals surface area contributed by atoms with Crippen molar-refractivity contribution in [1.82, 2.24) is 5.32 Å². The number of benzene rings is 1. The Bertz CT molecular complexity index is 354. The molecule has 80 valence electrons. The fourth-order valence-corrected chi connectivity index (χ4v) is 1.21. The van der Waals surface area contributed by atoms with E-state index in [-0.39, 0.29) is 6.54 Å². The molecule has 0 aliphatic carbocycles. The van der Waals surface area contributed by atoms with Gasteiger partial charge in [0.15, 0.2) is 0 Å². The molecule has 0 heterocycles. The van der Waals surface area contributed by atoms with E-state index in [1.165, 1.54) is 0 Å². The number of ether oxygens (including phenoxy) is 1. The maximum Gasteiger partial charge on any atom is 0.412 e. The van der Waals surface area contributed by atoms with Crippen molar-refractivity contribution in [2.75, 3.05) is 6.54 Å². The molecule has 0 unspecified atom stereocenters. The maximum absolute atomic E-state index is 11.2. The molecule has 0 saturated carbocycles. The maximum atomic E-state index is 11.2. The van der Waals surface area contributed by atoms with Crippen LogP contribution in [-0.2, 0) is 4.79 Å². The highest BCUT2D eigenvalue weighted by Crippen LogP contribution is 2.22. The molecule has 4 nitrogen and oxygen atoms in total. The fourth-order valence-electron chi connectivity index (χ4n) is 1.21. The quantitative estimate of drug-likeness (QED) is 0.766. The van der Waals surface area contributed by atoms with Crippen molar-refractivity contribution in [3.05, 3.63) is 29.3 Å². The van der Waals surface area contributed by atoms with Crippen molar-refractivity contribution >= 4 is 12.4 Å². The molecule has 0 aliphatic rings. The summed E-state index contributed by atoms with van der Waals surface area (Å²) in [4.78, 5) is 21.2. The van der Waals surface area contributed by atoms with Gasteiger partial charge in [-0.05, 0) is 25.0 Å². The zero-order valence-corrected chi connectivity index (χ0v) is 8.74. The average Bonchev–Trinajstić information content (AvgIpc) is 2.21. The molecule has 1 aromatic rings. The molecular weight excluding hydrogens is 194 g/mol. The van der Waals surface area contributed by atoms with Crippen LogP contribution in [0.2, 0.25) is 0 Å². The van der Waals surface area contributed by atoms with Crippen LogP contribution >= 0.6 is 0 Å². The van der Waals surface area contributed by atoms with Gasteiger partial charge in [-0.25, -0.2) is 4.79 Å². The van der Waals surface area contributed by atoms with Crippen molar-refractivity contribution in [2.45, 2.75) is 13.8 Å². The van der Waals surface area contributed by atoms with Crippen molar-refractivity contribution < 1.29 is 14.3 Å². The number of hydrogen-bond donors (Lipinski definition) is 1. The number of aldehydes is 1. The Morgan fingerprint density at radius 3 is 2.53 bits per heavy atom. The molecule has 0 aliphatic heterocycles. The number of para-hydroxylation sites is 1. The molecule has 4 heteroatoms. The summed E-state index contributed by atoms with van der Waals surface area (Å²) in [5.41, 5.74) is 1.77.